The maximum absolute atomic E-state index is 11.1. The molecule has 0 bridgehead atoms. The van der Waals surface area contributed by atoms with E-state index in [2.05, 4.69) is 27.0 Å². The Bertz CT molecular complexity index is 858. The molecule has 1 aliphatic rings. The van der Waals surface area contributed by atoms with Crippen molar-refractivity contribution in [2.45, 2.75) is 18.4 Å². The molecule has 1 N–H and O–H groups in total. The van der Waals surface area contributed by atoms with Crippen molar-refractivity contribution < 1.29 is 5.11 Å². The third-order valence-corrected chi connectivity index (χ3v) is 5.28. The van der Waals surface area contributed by atoms with Crippen molar-refractivity contribution in [3.63, 3.8) is 0 Å². The zero-order valence-corrected chi connectivity index (χ0v) is 15.1. The smallest absolute Gasteiger partial charge is 0.225 e. The Labute approximate surface area is 158 Å². The Morgan fingerprint density at radius 2 is 1.38 bits per heavy atom. The van der Waals surface area contributed by atoms with Crippen molar-refractivity contribution >= 4 is 17.5 Å². The fourth-order valence-corrected chi connectivity index (χ4v) is 3.56. The average molecular weight is 366 g/mol. The summed E-state index contributed by atoms with van der Waals surface area (Å²) in [5.41, 5.74) is 2.39. The van der Waals surface area contributed by atoms with Crippen molar-refractivity contribution in [1.82, 2.24) is 9.97 Å². The lowest BCUT2D eigenvalue weighted by Gasteiger charge is -2.38. The molecule has 0 saturated carbocycles. The standard InChI is InChI=1S/C21H20ClN3O/c22-19-8-4-17(5-9-19)16-2-6-18(7-3-16)21(26)10-14-25(15-11-21)20-23-12-1-13-24-20/h1-9,12-13,26H,10-11,14-15H2. The number of nitrogens with zero attached hydrogens (tertiary/aromatic N) is 3. The van der Waals surface area contributed by atoms with Crippen LogP contribution in [0.25, 0.3) is 11.1 Å². The number of hydrogen-bond acceptors (Lipinski definition) is 4. The van der Waals surface area contributed by atoms with E-state index in [0.717, 1.165) is 40.8 Å². The van der Waals surface area contributed by atoms with Gasteiger partial charge >= 0.3 is 0 Å². The van der Waals surface area contributed by atoms with Crippen LogP contribution in [0.4, 0.5) is 5.95 Å². The first-order valence-corrected chi connectivity index (χ1v) is 9.13. The van der Waals surface area contributed by atoms with Crippen LogP contribution in [0.3, 0.4) is 0 Å². The molecular formula is C21H20ClN3O. The molecule has 2 aromatic carbocycles. The first kappa shape index (κ1) is 17.0. The fourth-order valence-electron chi connectivity index (χ4n) is 3.44. The fraction of sp³-hybridized carbons (Fsp3) is 0.238. The molecule has 1 aliphatic heterocycles. The minimum Gasteiger partial charge on any atom is -0.385 e. The molecule has 4 rings (SSSR count). The summed E-state index contributed by atoms with van der Waals surface area (Å²) in [6, 6.07) is 17.8. The Hall–Kier alpha value is -2.43. The topological polar surface area (TPSA) is 49.2 Å². The third-order valence-electron chi connectivity index (χ3n) is 5.03. The number of aliphatic hydroxyl groups is 1. The maximum Gasteiger partial charge on any atom is 0.225 e. The minimum atomic E-state index is -0.802. The molecule has 0 radical (unpaired) electrons. The number of hydrogen-bond donors (Lipinski definition) is 1. The van der Waals surface area contributed by atoms with E-state index in [0.29, 0.717) is 12.8 Å². The highest BCUT2D eigenvalue weighted by Crippen LogP contribution is 2.34. The largest absolute Gasteiger partial charge is 0.385 e. The van der Waals surface area contributed by atoms with Crippen LogP contribution < -0.4 is 4.90 Å². The Morgan fingerprint density at radius 3 is 1.96 bits per heavy atom. The van der Waals surface area contributed by atoms with Crippen LogP contribution in [0, 0.1) is 0 Å². The van der Waals surface area contributed by atoms with E-state index in [4.69, 9.17) is 11.6 Å². The lowest BCUT2D eigenvalue weighted by atomic mass is 9.84. The molecular weight excluding hydrogens is 346 g/mol. The third kappa shape index (κ3) is 3.43. The van der Waals surface area contributed by atoms with Gasteiger partial charge in [-0.15, -0.1) is 0 Å². The number of aromatic nitrogens is 2. The van der Waals surface area contributed by atoms with Crippen LogP contribution in [0.5, 0.6) is 0 Å². The lowest BCUT2D eigenvalue weighted by Crippen LogP contribution is -2.43. The van der Waals surface area contributed by atoms with Crippen LogP contribution >= 0.6 is 11.6 Å². The molecule has 0 spiro atoms. The van der Waals surface area contributed by atoms with Crippen molar-refractivity contribution in [2.75, 3.05) is 18.0 Å². The van der Waals surface area contributed by atoms with Gasteiger partial charge in [0.25, 0.3) is 0 Å². The molecule has 0 unspecified atom stereocenters. The summed E-state index contributed by atoms with van der Waals surface area (Å²) in [6.07, 6.45) is 4.81. The van der Waals surface area contributed by atoms with Gasteiger partial charge in [0.05, 0.1) is 5.60 Å². The molecule has 132 valence electrons. The van der Waals surface area contributed by atoms with E-state index in [1.54, 1.807) is 12.4 Å². The van der Waals surface area contributed by atoms with Crippen molar-refractivity contribution in [1.29, 1.82) is 0 Å². The van der Waals surface area contributed by atoms with Crippen LogP contribution in [-0.2, 0) is 5.60 Å². The second-order valence-electron chi connectivity index (χ2n) is 6.65. The van der Waals surface area contributed by atoms with Crippen molar-refractivity contribution in [3.05, 3.63) is 77.6 Å². The van der Waals surface area contributed by atoms with Gasteiger partial charge in [-0.2, -0.15) is 0 Å². The Morgan fingerprint density at radius 1 is 0.846 bits per heavy atom. The van der Waals surface area contributed by atoms with Gasteiger partial charge in [0.1, 0.15) is 0 Å². The zero-order chi connectivity index (χ0) is 18.0. The first-order chi connectivity index (χ1) is 12.6. The van der Waals surface area contributed by atoms with Gasteiger partial charge in [-0.25, -0.2) is 9.97 Å². The summed E-state index contributed by atoms with van der Waals surface area (Å²) in [5.74, 6) is 0.729. The molecule has 0 aliphatic carbocycles. The van der Waals surface area contributed by atoms with Gasteiger partial charge < -0.3 is 10.0 Å². The summed E-state index contributed by atoms with van der Waals surface area (Å²) in [5, 5.41) is 11.9. The van der Waals surface area contributed by atoms with E-state index < -0.39 is 5.60 Å². The SMILES string of the molecule is OC1(c2ccc(-c3ccc(Cl)cc3)cc2)CCN(c2ncccn2)CC1. The van der Waals surface area contributed by atoms with Crippen LogP contribution in [0.1, 0.15) is 18.4 Å². The van der Waals surface area contributed by atoms with Gasteiger partial charge in [-0.1, -0.05) is 48.0 Å². The Balaban J connectivity index is 1.48. The summed E-state index contributed by atoms with van der Waals surface area (Å²) in [7, 11) is 0. The molecule has 5 heteroatoms. The zero-order valence-electron chi connectivity index (χ0n) is 14.3. The number of halogens is 1. The summed E-state index contributed by atoms with van der Waals surface area (Å²) in [4.78, 5) is 10.7. The van der Waals surface area contributed by atoms with Gasteiger partial charge in [0.2, 0.25) is 5.95 Å². The van der Waals surface area contributed by atoms with Gasteiger partial charge in [-0.3, -0.25) is 0 Å². The van der Waals surface area contributed by atoms with Crippen LogP contribution in [0.2, 0.25) is 5.02 Å². The molecule has 4 nitrogen and oxygen atoms in total. The second kappa shape index (κ2) is 7.06. The highest BCUT2D eigenvalue weighted by molar-refractivity contribution is 6.30. The minimum absolute atomic E-state index is 0.658. The Kier molecular flexibility index (Phi) is 4.62. The number of piperidine rings is 1. The first-order valence-electron chi connectivity index (χ1n) is 8.75. The lowest BCUT2D eigenvalue weighted by molar-refractivity contribution is 0.0115. The predicted octanol–water partition coefficient (Wildman–Crippen LogP) is 4.29. The van der Waals surface area contributed by atoms with E-state index in [-0.39, 0.29) is 0 Å². The van der Waals surface area contributed by atoms with Crippen molar-refractivity contribution in [3.8, 4) is 11.1 Å². The highest BCUT2D eigenvalue weighted by Gasteiger charge is 2.34. The van der Waals surface area contributed by atoms with Crippen molar-refractivity contribution in [2.24, 2.45) is 0 Å². The monoisotopic (exact) mass is 365 g/mol. The van der Waals surface area contributed by atoms with Gasteiger partial charge in [0.15, 0.2) is 0 Å². The molecule has 1 fully saturated rings. The number of rotatable bonds is 3. The molecule has 3 aromatic rings. The van der Waals surface area contributed by atoms with E-state index in [1.165, 1.54) is 0 Å². The second-order valence-corrected chi connectivity index (χ2v) is 7.09. The molecule has 26 heavy (non-hydrogen) atoms. The quantitative estimate of drug-likeness (QED) is 0.752. The van der Waals surface area contributed by atoms with Crippen LogP contribution in [-0.4, -0.2) is 28.2 Å². The summed E-state index contributed by atoms with van der Waals surface area (Å²) < 4.78 is 0. The van der Waals surface area contributed by atoms with E-state index in [9.17, 15) is 5.11 Å². The summed E-state index contributed by atoms with van der Waals surface area (Å²) >= 11 is 5.95. The van der Waals surface area contributed by atoms with E-state index >= 15 is 0 Å². The maximum atomic E-state index is 11.1. The van der Waals surface area contributed by atoms with Gasteiger partial charge in [-0.05, 0) is 47.7 Å². The normalized spacial score (nSPS) is 16.5. The average Bonchev–Trinajstić information content (AvgIpc) is 2.70. The number of anilines is 1. The number of benzene rings is 2. The van der Waals surface area contributed by atoms with E-state index in [1.807, 2.05) is 42.5 Å². The summed E-state index contributed by atoms with van der Waals surface area (Å²) in [6.45, 7) is 1.47. The van der Waals surface area contributed by atoms with Gasteiger partial charge in [0, 0.05) is 30.5 Å². The highest BCUT2D eigenvalue weighted by atomic mass is 35.5. The predicted molar refractivity (Wildman–Crippen MR) is 104 cm³/mol. The van der Waals surface area contributed by atoms with Crippen LogP contribution in [0.15, 0.2) is 67.0 Å². The molecule has 2 heterocycles. The molecule has 1 saturated heterocycles. The molecule has 1 aromatic heterocycles. The molecule has 0 amide bonds. The molecule has 0 atom stereocenters.